The highest BCUT2D eigenvalue weighted by molar-refractivity contribution is 7.92. The predicted molar refractivity (Wildman–Crippen MR) is 123 cm³/mol. The van der Waals surface area contributed by atoms with Crippen LogP contribution in [0.1, 0.15) is 35.6 Å². The lowest BCUT2D eigenvalue weighted by Gasteiger charge is -2.37. The smallest absolute Gasteiger partial charge is 0.369 e. The normalized spacial score (nSPS) is 20.0. The minimum absolute atomic E-state index is 0.153. The Hall–Kier alpha value is -2.11. The maximum atomic E-state index is 13.3. The summed E-state index contributed by atoms with van der Waals surface area (Å²) in [5, 5.41) is 9.71. The first-order chi connectivity index (χ1) is 16.5. The summed E-state index contributed by atoms with van der Waals surface area (Å²) in [6.07, 6.45) is -10.5. The lowest BCUT2D eigenvalue weighted by Crippen LogP contribution is -2.53. The summed E-state index contributed by atoms with van der Waals surface area (Å²) in [5.74, 6) is 0.450. The molecule has 2 saturated heterocycles. The van der Waals surface area contributed by atoms with Crippen LogP contribution in [0.2, 0.25) is 0 Å². The van der Waals surface area contributed by atoms with Gasteiger partial charge in [-0.05, 0) is 54.1 Å². The summed E-state index contributed by atoms with van der Waals surface area (Å²) in [6, 6.07) is 8.23. The summed E-state index contributed by atoms with van der Waals surface area (Å²) in [7, 11) is -2.92. The molecule has 0 atom stereocenters. The molecular formula is C25H27F6NO3S. The number of likely N-dealkylation sites (tertiary alicyclic amines) is 1. The van der Waals surface area contributed by atoms with Crippen molar-refractivity contribution in [3.63, 3.8) is 0 Å². The molecule has 0 aromatic heterocycles. The van der Waals surface area contributed by atoms with Crippen LogP contribution in [0.3, 0.4) is 0 Å². The first-order valence-electron chi connectivity index (χ1n) is 11.5. The highest BCUT2D eigenvalue weighted by Crippen LogP contribution is 2.50. The fraction of sp³-hybridized carbons (Fsp3) is 0.520. The monoisotopic (exact) mass is 535 g/mol. The molecule has 4 nitrogen and oxygen atoms in total. The second-order valence-corrected chi connectivity index (χ2v) is 12.1. The van der Waals surface area contributed by atoms with E-state index in [1.807, 2.05) is 19.1 Å². The first-order valence-corrected chi connectivity index (χ1v) is 13.3. The average molecular weight is 536 g/mol. The quantitative estimate of drug-likeness (QED) is 0.538. The molecule has 2 fully saturated rings. The summed E-state index contributed by atoms with van der Waals surface area (Å²) < 4.78 is 103. The predicted octanol–water partition coefficient (Wildman–Crippen LogP) is 5.16. The summed E-state index contributed by atoms with van der Waals surface area (Å²) in [5.41, 5.74) is -3.18. The molecule has 2 aliphatic heterocycles. The molecule has 1 N–H and O–H groups in total. The van der Waals surface area contributed by atoms with Crippen molar-refractivity contribution < 1.29 is 39.9 Å². The Kier molecular flexibility index (Phi) is 6.53. The van der Waals surface area contributed by atoms with Crippen molar-refractivity contribution in [2.45, 2.75) is 51.2 Å². The molecule has 4 rings (SSSR count). The van der Waals surface area contributed by atoms with Crippen LogP contribution in [0.5, 0.6) is 0 Å². The molecule has 2 aromatic carbocycles. The molecule has 198 valence electrons. The summed E-state index contributed by atoms with van der Waals surface area (Å²) in [4.78, 5) is 2.21. The molecule has 1 spiro atoms. The highest BCUT2D eigenvalue weighted by Gasteiger charge is 2.71. The molecule has 2 heterocycles. The van der Waals surface area contributed by atoms with Crippen LogP contribution in [0.25, 0.3) is 11.1 Å². The molecule has 0 radical (unpaired) electrons. The molecule has 0 unspecified atom stereocenters. The lowest BCUT2D eigenvalue weighted by atomic mass is 9.87. The van der Waals surface area contributed by atoms with E-state index in [2.05, 4.69) is 4.90 Å². The van der Waals surface area contributed by atoms with Crippen molar-refractivity contribution in [1.29, 1.82) is 0 Å². The van der Waals surface area contributed by atoms with Crippen molar-refractivity contribution in [3.8, 4) is 11.1 Å². The van der Waals surface area contributed by atoms with E-state index in [0.29, 0.717) is 36.7 Å². The van der Waals surface area contributed by atoms with Gasteiger partial charge >= 0.3 is 12.4 Å². The molecule has 0 aliphatic carbocycles. The van der Waals surface area contributed by atoms with Gasteiger partial charge in [-0.15, -0.1) is 0 Å². The van der Waals surface area contributed by atoms with Crippen LogP contribution >= 0.6 is 0 Å². The number of nitrogens with zero attached hydrogens (tertiary/aromatic N) is 1. The zero-order chi connectivity index (χ0) is 26.7. The third-order valence-electron chi connectivity index (χ3n) is 7.28. The minimum atomic E-state index is -5.94. The van der Waals surface area contributed by atoms with Gasteiger partial charge in [-0.25, -0.2) is 8.42 Å². The SMILES string of the molecule is CCc1cc(CN2CCC3(C2)CS(=O)(=O)C3)ccc1-c1ccc(C(O)(C(F)(F)F)C(F)(F)F)cc1C. The molecular weight excluding hydrogens is 508 g/mol. The minimum Gasteiger partial charge on any atom is -0.369 e. The Balaban J connectivity index is 1.59. The van der Waals surface area contributed by atoms with E-state index in [1.54, 1.807) is 6.07 Å². The topological polar surface area (TPSA) is 57.6 Å². The van der Waals surface area contributed by atoms with Gasteiger partial charge in [-0.2, -0.15) is 26.3 Å². The van der Waals surface area contributed by atoms with E-state index in [0.717, 1.165) is 30.2 Å². The second kappa shape index (κ2) is 8.73. The Bertz CT molecular complexity index is 1240. The third-order valence-corrected chi connectivity index (χ3v) is 9.39. The Morgan fingerprint density at radius 2 is 1.58 bits per heavy atom. The second-order valence-electron chi connectivity index (χ2n) is 10.1. The molecule has 0 amide bonds. The van der Waals surface area contributed by atoms with Crippen molar-refractivity contribution >= 4 is 9.84 Å². The highest BCUT2D eigenvalue weighted by atomic mass is 32.2. The third kappa shape index (κ3) is 4.65. The number of halogens is 6. The molecule has 11 heteroatoms. The van der Waals surface area contributed by atoms with Gasteiger partial charge in [-0.3, -0.25) is 4.90 Å². The van der Waals surface area contributed by atoms with Crippen LogP contribution in [0.15, 0.2) is 36.4 Å². The van der Waals surface area contributed by atoms with Crippen molar-refractivity contribution in [3.05, 3.63) is 58.7 Å². The van der Waals surface area contributed by atoms with Gasteiger partial charge < -0.3 is 5.11 Å². The largest absolute Gasteiger partial charge is 0.430 e. The van der Waals surface area contributed by atoms with Gasteiger partial charge in [0.05, 0.1) is 11.5 Å². The number of hydrogen-bond donors (Lipinski definition) is 1. The number of sulfone groups is 1. The van der Waals surface area contributed by atoms with Gasteiger partial charge in [-0.1, -0.05) is 43.3 Å². The number of hydrogen-bond acceptors (Lipinski definition) is 4. The Morgan fingerprint density at radius 1 is 0.972 bits per heavy atom. The first kappa shape index (κ1) is 26.9. The van der Waals surface area contributed by atoms with Gasteiger partial charge in [0.15, 0.2) is 9.84 Å². The summed E-state index contributed by atoms with van der Waals surface area (Å²) >= 11 is 0. The van der Waals surface area contributed by atoms with Crippen LogP contribution in [0, 0.1) is 12.3 Å². The number of rotatable bonds is 5. The van der Waals surface area contributed by atoms with Gasteiger partial charge in [0.25, 0.3) is 5.60 Å². The summed E-state index contributed by atoms with van der Waals surface area (Å²) in [6.45, 7) is 5.44. The molecule has 0 saturated carbocycles. The van der Waals surface area contributed by atoms with E-state index in [4.69, 9.17) is 0 Å². The van der Waals surface area contributed by atoms with Gasteiger partial charge in [0, 0.05) is 24.1 Å². The zero-order valence-electron chi connectivity index (χ0n) is 19.8. The fourth-order valence-corrected chi connectivity index (χ4v) is 7.78. The Labute approximate surface area is 205 Å². The van der Waals surface area contributed by atoms with E-state index in [1.165, 1.54) is 13.0 Å². The van der Waals surface area contributed by atoms with Crippen LogP contribution in [0.4, 0.5) is 26.3 Å². The van der Waals surface area contributed by atoms with E-state index < -0.39 is 33.4 Å². The number of alkyl halides is 6. The van der Waals surface area contributed by atoms with Gasteiger partial charge in [0.2, 0.25) is 0 Å². The van der Waals surface area contributed by atoms with Crippen LogP contribution in [-0.4, -0.2) is 55.4 Å². The standard InChI is InChI=1S/C25H27F6NO3S/c1-3-18-11-17(12-32-9-8-22(13-32)14-36(34,35)15-22)4-6-21(18)20-7-5-19(10-16(20)2)23(33,24(26,27)28)25(29,30)31/h4-7,10-11,33H,3,8-9,12-15H2,1-2H3. The zero-order valence-corrected chi connectivity index (χ0v) is 20.6. The van der Waals surface area contributed by atoms with Gasteiger partial charge in [0.1, 0.15) is 0 Å². The maximum Gasteiger partial charge on any atom is 0.430 e. The van der Waals surface area contributed by atoms with Crippen LogP contribution < -0.4 is 0 Å². The van der Waals surface area contributed by atoms with Crippen LogP contribution in [-0.2, 0) is 28.4 Å². The van der Waals surface area contributed by atoms with Crippen molar-refractivity contribution in [2.24, 2.45) is 5.41 Å². The van der Waals surface area contributed by atoms with Crippen molar-refractivity contribution in [2.75, 3.05) is 24.6 Å². The Morgan fingerprint density at radius 3 is 2.11 bits per heavy atom. The molecule has 0 bridgehead atoms. The molecule has 2 aromatic rings. The number of aryl methyl sites for hydroxylation is 2. The number of benzene rings is 2. The fourth-order valence-electron chi connectivity index (χ4n) is 5.53. The van der Waals surface area contributed by atoms with E-state index >= 15 is 0 Å². The molecule has 2 aliphatic rings. The van der Waals surface area contributed by atoms with E-state index in [9.17, 15) is 39.9 Å². The maximum absolute atomic E-state index is 13.3. The average Bonchev–Trinajstić information content (AvgIpc) is 3.13. The lowest BCUT2D eigenvalue weighted by molar-refractivity contribution is -0.376. The van der Waals surface area contributed by atoms with E-state index in [-0.39, 0.29) is 22.5 Å². The number of aliphatic hydroxyl groups is 1. The molecule has 36 heavy (non-hydrogen) atoms. The van der Waals surface area contributed by atoms with Crippen molar-refractivity contribution in [1.82, 2.24) is 4.90 Å².